The van der Waals surface area contributed by atoms with Crippen molar-refractivity contribution in [2.24, 2.45) is 0 Å². The van der Waals surface area contributed by atoms with Crippen LogP contribution in [0.25, 0.3) is 0 Å². The van der Waals surface area contributed by atoms with Gasteiger partial charge in [-0.1, -0.05) is 83.1 Å². The standard InChI is InChI=1S/C30H68O6Si3/c1-16-32-37(33-17-2,34-18-3)21-19-20-31-22-30(36-39(27(10)11,28(12)13)29(14)15)23-35-38(24(4)5,25(6)7)26(8)9/h24-30H,16-23H2,1-15H3. The van der Waals surface area contributed by atoms with Gasteiger partial charge in [0.15, 0.2) is 8.32 Å². The quantitative estimate of drug-likeness (QED) is 0.0851. The normalized spacial score (nSPS) is 14.7. The Morgan fingerprint density at radius 2 is 0.872 bits per heavy atom. The van der Waals surface area contributed by atoms with Crippen molar-refractivity contribution in [2.75, 3.05) is 39.6 Å². The molecule has 236 valence electrons. The zero-order valence-electron chi connectivity index (χ0n) is 28.6. The van der Waals surface area contributed by atoms with Crippen LogP contribution in [-0.2, 0) is 26.9 Å². The highest BCUT2D eigenvalue weighted by Gasteiger charge is 2.49. The summed E-state index contributed by atoms with van der Waals surface area (Å²) in [6.07, 6.45) is 0.767. The summed E-state index contributed by atoms with van der Waals surface area (Å²) in [5, 5.41) is 0. The topological polar surface area (TPSA) is 55.4 Å². The minimum atomic E-state index is -2.66. The van der Waals surface area contributed by atoms with Gasteiger partial charge in [0, 0.05) is 32.5 Å². The fraction of sp³-hybridized carbons (Fsp3) is 1.00. The third-order valence-electron chi connectivity index (χ3n) is 8.47. The van der Waals surface area contributed by atoms with Crippen LogP contribution in [0, 0.1) is 0 Å². The van der Waals surface area contributed by atoms with Crippen LogP contribution in [0.15, 0.2) is 0 Å². The lowest BCUT2D eigenvalue weighted by Gasteiger charge is -2.46. The first-order chi connectivity index (χ1) is 18.1. The maximum Gasteiger partial charge on any atom is 0.501 e. The second-order valence-electron chi connectivity index (χ2n) is 12.8. The van der Waals surface area contributed by atoms with Gasteiger partial charge in [-0.3, -0.25) is 0 Å². The van der Waals surface area contributed by atoms with Crippen LogP contribution in [0.2, 0.25) is 39.3 Å². The summed E-state index contributed by atoms with van der Waals surface area (Å²) in [4.78, 5) is 0. The maximum absolute atomic E-state index is 7.27. The second kappa shape index (κ2) is 18.8. The summed E-state index contributed by atoms with van der Waals surface area (Å²) in [7, 11) is -6.77. The van der Waals surface area contributed by atoms with Crippen molar-refractivity contribution in [3.05, 3.63) is 0 Å². The lowest BCUT2D eigenvalue weighted by molar-refractivity contribution is 0.0109. The summed E-state index contributed by atoms with van der Waals surface area (Å²) in [6.45, 7) is 37.7. The zero-order chi connectivity index (χ0) is 30.4. The first kappa shape index (κ1) is 39.4. The number of hydrogen-bond acceptors (Lipinski definition) is 6. The summed E-state index contributed by atoms with van der Waals surface area (Å²) < 4.78 is 38.8. The average molecular weight is 609 g/mol. The molecule has 0 aliphatic rings. The molecule has 0 spiro atoms. The highest BCUT2D eigenvalue weighted by Crippen LogP contribution is 2.45. The highest BCUT2D eigenvalue weighted by atomic mass is 28.4. The molecule has 1 atom stereocenters. The van der Waals surface area contributed by atoms with Crippen molar-refractivity contribution in [1.82, 2.24) is 0 Å². The van der Waals surface area contributed by atoms with E-state index in [1.165, 1.54) is 0 Å². The highest BCUT2D eigenvalue weighted by molar-refractivity contribution is 6.78. The second-order valence-corrected chi connectivity index (χ2v) is 26.4. The molecule has 0 aromatic heterocycles. The molecule has 0 radical (unpaired) electrons. The minimum Gasteiger partial charge on any atom is -0.413 e. The average Bonchev–Trinajstić information content (AvgIpc) is 2.81. The van der Waals surface area contributed by atoms with Gasteiger partial charge in [0.25, 0.3) is 0 Å². The third-order valence-corrected chi connectivity index (χ3v) is 23.9. The van der Waals surface area contributed by atoms with Gasteiger partial charge in [0.05, 0.1) is 19.3 Å². The smallest absolute Gasteiger partial charge is 0.413 e. The van der Waals surface area contributed by atoms with Crippen LogP contribution in [0.5, 0.6) is 0 Å². The van der Waals surface area contributed by atoms with Crippen molar-refractivity contribution >= 4 is 25.4 Å². The molecule has 6 nitrogen and oxygen atoms in total. The number of hydrogen-bond donors (Lipinski definition) is 0. The van der Waals surface area contributed by atoms with E-state index in [4.69, 9.17) is 26.9 Å². The van der Waals surface area contributed by atoms with E-state index < -0.39 is 25.4 Å². The van der Waals surface area contributed by atoms with E-state index in [-0.39, 0.29) is 6.10 Å². The van der Waals surface area contributed by atoms with Gasteiger partial charge >= 0.3 is 8.80 Å². The van der Waals surface area contributed by atoms with E-state index in [9.17, 15) is 0 Å². The van der Waals surface area contributed by atoms with Crippen LogP contribution in [0.1, 0.15) is 110 Å². The van der Waals surface area contributed by atoms with Crippen molar-refractivity contribution in [2.45, 2.75) is 156 Å². The summed E-state index contributed by atoms with van der Waals surface area (Å²) >= 11 is 0. The largest absolute Gasteiger partial charge is 0.501 e. The van der Waals surface area contributed by atoms with Gasteiger partial charge in [-0.25, -0.2) is 0 Å². The Labute approximate surface area is 247 Å². The molecule has 9 heteroatoms. The molecule has 0 aliphatic heterocycles. The summed E-state index contributed by atoms with van der Waals surface area (Å²) in [6, 6.07) is 0.761. The van der Waals surface area contributed by atoms with Crippen molar-refractivity contribution in [3.8, 4) is 0 Å². The first-order valence-corrected chi connectivity index (χ1v) is 22.2. The van der Waals surface area contributed by atoms with Gasteiger partial charge in [-0.2, -0.15) is 0 Å². The minimum absolute atomic E-state index is 0.0698. The van der Waals surface area contributed by atoms with Gasteiger partial charge < -0.3 is 26.9 Å². The van der Waals surface area contributed by atoms with Crippen LogP contribution >= 0.6 is 0 Å². The van der Waals surface area contributed by atoms with Crippen molar-refractivity contribution < 1.29 is 26.9 Å². The molecule has 0 aromatic carbocycles. The first-order valence-electron chi connectivity index (χ1n) is 15.9. The predicted octanol–water partition coefficient (Wildman–Crippen LogP) is 9.19. The van der Waals surface area contributed by atoms with Crippen LogP contribution in [0.4, 0.5) is 0 Å². The van der Waals surface area contributed by atoms with E-state index in [2.05, 4.69) is 83.1 Å². The fourth-order valence-corrected chi connectivity index (χ4v) is 20.7. The van der Waals surface area contributed by atoms with E-state index in [1.54, 1.807) is 0 Å². The van der Waals surface area contributed by atoms with Crippen molar-refractivity contribution in [1.29, 1.82) is 0 Å². The fourth-order valence-electron chi connectivity index (χ4n) is 7.16. The Hall–Kier alpha value is 0.411. The molecule has 0 rings (SSSR count). The van der Waals surface area contributed by atoms with Crippen LogP contribution in [-0.4, -0.2) is 71.2 Å². The Morgan fingerprint density at radius 1 is 0.487 bits per heavy atom. The molecule has 39 heavy (non-hydrogen) atoms. The van der Waals surface area contributed by atoms with Gasteiger partial charge in [0.1, 0.15) is 0 Å². The molecule has 0 N–H and O–H groups in total. The van der Waals surface area contributed by atoms with Crippen molar-refractivity contribution in [3.63, 3.8) is 0 Å². The third kappa shape index (κ3) is 10.9. The Kier molecular flexibility index (Phi) is 19.0. The zero-order valence-corrected chi connectivity index (χ0v) is 31.6. The van der Waals surface area contributed by atoms with Crippen LogP contribution in [0.3, 0.4) is 0 Å². The van der Waals surface area contributed by atoms with Gasteiger partial charge in [-0.15, -0.1) is 0 Å². The molecule has 1 unspecified atom stereocenters. The SMILES string of the molecule is CCO[Si](CCCOCC(CO[Si](C(C)C)(C(C)C)C(C)C)O[Si](C(C)C)(C(C)C)C(C)C)(OCC)OCC. The van der Waals surface area contributed by atoms with E-state index in [0.29, 0.717) is 72.9 Å². The molecule has 0 saturated heterocycles. The van der Waals surface area contributed by atoms with Crippen LogP contribution < -0.4 is 0 Å². The van der Waals surface area contributed by atoms with E-state index in [1.807, 2.05) is 20.8 Å². The molecule has 0 saturated carbocycles. The molecule has 0 bridgehead atoms. The molecule has 0 amide bonds. The number of rotatable bonds is 23. The molecule has 0 aliphatic carbocycles. The predicted molar refractivity (Wildman–Crippen MR) is 174 cm³/mol. The lowest BCUT2D eigenvalue weighted by Crippen LogP contribution is -2.54. The summed E-state index contributed by atoms with van der Waals surface area (Å²) in [5.74, 6) is 0. The molecule has 0 heterocycles. The van der Waals surface area contributed by atoms with E-state index in [0.717, 1.165) is 12.5 Å². The molecule has 0 fully saturated rings. The maximum atomic E-state index is 7.27. The summed E-state index contributed by atoms with van der Waals surface area (Å²) in [5.41, 5.74) is 3.15. The lowest BCUT2D eigenvalue weighted by atomic mass is 10.4. The number of ether oxygens (including phenoxy) is 1. The molecular weight excluding hydrogens is 541 g/mol. The molecular formula is C30H68O6Si3. The Morgan fingerprint density at radius 3 is 1.21 bits per heavy atom. The van der Waals surface area contributed by atoms with Gasteiger partial charge in [-0.05, 0) is 60.4 Å². The van der Waals surface area contributed by atoms with Gasteiger partial charge in [0.2, 0.25) is 8.32 Å². The van der Waals surface area contributed by atoms with E-state index >= 15 is 0 Å². The Bertz CT molecular complexity index is 567. The monoisotopic (exact) mass is 608 g/mol. The molecule has 0 aromatic rings. The Balaban J connectivity index is 5.80.